The molecule has 0 aromatic rings. The van der Waals surface area contributed by atoms with Crippen LogP contribution < -0.4 is 0 Å². The van der Waals surface area contributed by atoms with Crippen molar-refractivity contribution in [2.75, 3.05) is 0 Å². The van der Waals surface area contributed by atoms with E-state index in [0.717, 1.165) is 12.8 Å². The van der Waals surface area contributed by atoms with Crippen LogP contribution in [0.15, 0.2) is 0 Å². The maximum Gasteiger partial charge on any atom is 0.0675 e. The van der Waals surface area contributed by atoms with Crippen LogP contribution in [0.2, 0.25) is 0 Å². The first-order valence-electron chi connectivity index (χ1n) is 9.82. The molecule has 1 fully saturated rings. The van der Waals surface area contributed by atoms with Gasteiger partial charge in [0.25, 0.3) is 0 Å². The van der Waals surface area contributed by atoms with Gasteiger partial charge in [-0.25, -0.2) is 0 Å². The number of rotatable bonds is 11. The molecule has 1 saturated carbocycles. The number of aliphatic hydroxyl groups is 1. The third kappa shape index (κ3) is 7.17. The molecule has 0 aliphatic heterocycles. The normalized spacial score (nSPS) is 29.7. The molecule has 1 aliphatic carbocycles. The standard InChI is InChI=1S/C20H40O/c1-4-5-6-7-8-9-10-11-12-13-16-20(21)17-14-15-18(2)19(20)3/h18-19,21H,4-17H2,1-3H3. The Kier molecular flexibility index (Phi) is 9.64. The van der Waals surface area contributed by atoms with E-state index in [0.29, 0.717) is 11.8 Å². The third-order valence-electron chi connectivity index (χ3n) is 5.93. The summed E-state index contributed by atoms with van der Waals surface area (Å²) in [5.41, 5.74) is -0.349. The molecule has 3 atom stereocenters. The second-order valence-electron chi connectivity index (χ2n) is 7.69. The van der Waals surface area contributed by atoms with Crippen molar-refractivity contribution in [3.8, 4) is 0 Å². The molecule has 0 aromatic heterocycles. The lowest BCUT2D eigenvalue weighted by molar-refractivity contribution is -0.0703. The first kappa shape index (κ1) is 19.0. The van der Waals surface area contributed by atoms with E-state index < -0.39 is 0 Å². The lowest BCUT2D eigenvalue weighted by Crippen LogP contribution is -2.42. The summed E-state index contributed by atoms with van der Waals surface area (Å²) in [6.45, 7) is 6.86. The molecule has 0 amide bonds. The topological polar surface area (TPSA) is 20.2 Å². The van der Waals surface area contributed by atoms with E-state index in [1.54, 1.807) is 0 Å². The lowest BCUT2D eigenvalue weighted by Gasteiger charge is -2.42. The van der Waals surface area contributed by atoms with Crippen molar-refractivity contribution >= 4 is 0 Å². The van der Waals surface area contributed by atoms with Gasteiger partial charge in [-0.2, -0.15) is 0 Å². The minimum Gasteiger partial charge on any atom is -0.390 e. The Morgan fingerprint density at radius 1 is 0.857 bits per heavy atom. The van der Waals surface area contributed by atoms with Crippen LogP contribution in [0.3, 0.4) is 0 Å². The van der Waals surface area contributed by atoms with Crippen LogP contribution in [0.25, 0.3) is 0 Å². The van der Waals surface area contributed by atoms with E-state index >= 15 is 0 Å². The summed E-state index contributed by atoms with van der Waals surface area (Å²) in [5.74, 6) is 1.19. The van der Waals surface area contributed by atoms with Crippen molar-refractivity contribution < 1.29 is 5.11 Å². The second kappa shape index (κ2) is 10.6. The molecule has 1 rings (SSSR count). The minimum absolute atomic E-state index is 0.349. The van der Waals surface area contributed by atoms with Crippen molar-refractivity contribution in [3.05, 3.63) is 0 Å². The van der Waals surface area contributed by atoms with Crippen molar-refractivity contribution in [2.24, 2.45) is 11.8 Å². The van der Waals surface area contributed by atoms with Gasteiger partial charge in [0.1, 0.15) is 0 Å². The summed E-state index contributed by atoms with van der Waals surface area (Å²) in [7, 11) is 0. The van der Waals surface area contributed by atoms with Crippen LogP contribution in [-0.2, 0) is 0 Å². The Morgan fingerprint density at radius 2 is 1.38 bits per heavy atom. The van der Waals surface area contributed by atoms with Crippen LogP contribution in [0.4, 0.5) is 0 Å². The zero-order valence-electron chi connectivity index (χ0n) is 15.0. The van der Waals surface area contributed by atoms with Crippen molar-refractivity contribution in [1.29, 1.82) is 0 Å². The fourth-order valence-corrected chi connectivity index (χ4v) is 4.01. The summed E-state index contributed by atoms with van der Waals surface area (Å²) in [5, 5.41) is 10.8. The van der Waals surface area contributed by atoms with E-state index in [9.17, 15) is 5.11 Å². The lowest BCUT2D eigenvalue weighted by atomic mass is 9.68. The molecule has 0 spiro atoms. The first-order chi connectivity index (χ1) is 10.1. The summed E-state index contributed by atoms with van der Waals surface area (Å²) in [6.07, 6.45) is 18.4. The molecular formula is C20H40O. The molecule has 0 aromatic carbocycles. The molecule has 3 unspecified atom stereocenters. The van der Waals surface area contributed by atoms with Crippen LogP contribution >= 0.6 is 0 Å². The molecule has 126 valence electrons. The smallest absolute Gasteiger partial charge is 0.0675 e. The fraction of sp³-hybridized carbons (Fsp3) is 1.00. The van der Waals surface area contributed by atoms with Crippen LogP contribution in [-0.4, -0.2) is 10.7 Å². The first-order valence-corrected chi connectivity index (χ1v) is 9.82. The van der Waals surface area contributed by atoms with Gasteiger partial charge in [0.05, 0.1) is 5.60 Å². The van der Waals surface area contributed by atoms with Gasteiger partial charge in [-0.15, -0.1) is 0 Å². The molecule has 0 heterocycles. The average molecular weight is 297 g/mol. The molecular weight excluding hydrogens is 256 g/mol. The second-order valence-corrected chi connectivity index (χ2v) is 7.69. The Balaban J connectivity index is 1.98. The van der Waals surface area contributed by atoms with Crippen molar-refractivity contribution in [3.63, 3.8) is 0 Å². The molecule has 1 nitrogen and oxygen atoms in total. The summed E-state index contributed by atoms with van der Waals surface area (Å²) < 4.78 is 0. The van der Waals surface area contributed by atoms with Gasteiger partial charge in [-0.3, -0.25) is 0 Å². The monoisotopic (exact) mass is 296 g/mol. The minimum atomic E-state index is -0.349. The zero-order valence-corrected chi connectivity index (χ0v) is 15.0. The van der Waals surface area contributed by atoms with Crippen molar-refractivity contribution in [2.45, 2.75) is 116 Å². The highest BCUT2D eigenvalue weighted by molar-refractivity contribution is 4.90. The van der Waals surface area contributed by atoms with Gasteiger partial charge >= 0.3 is 0 Å². The fourth-order valence-electron chi connectivity index (χ4n) is 4.01. The molecule has 21 heavy (non-hydrogen) atoms. The van der Waals surface area contributed by atoms with Gasteiger partial charge in [-0.05, 0) is 24.7 Å². The van der Waals surface area contributed by atoms with E-state index in [-0.39, 0.29) is 5.60 Å². The quantitative estimate of drug-likeness (QED) is 0.432. The molecule has 0 saturated heterocycles. The van der Waals surface area contributed by atoms with Gasteiger partial charge in [-0.1, -0.05) is 97.8 Å². The summed E-state index contributed by atoms with van der Waals surface area (Å²) in [4.78, 5) is 0. The molecule has 0 radical (unpaired) electrons. The molecule has 1 heteroatoms. The van der Waals surface area contributed by atoms with E-state index in [1.165, 1.54) is 77.0 Å². The average Bonchev–Trinajstić information content (AvgIpc) is 2.47. The predicted octanol–water partition coefficient (Wildman–Crippen LogP) is 6.48. The van der Waals surface area contributed by atoms with Crippen LogP contribution in [0, 0.1) is 11.8 Å². The van der Waals surface area contributed by atoms with E-state index in [2.05, 4.69) is 20.8 Å². The number of hydrogen-bond donors (Lipinski definition) is 1. The number of unbranched alkanes of at least 4 members (excludes halogenated alkanes) is 9. The summed E-state index contributed by atoms with van der Waals surface area (Å²) >= 11 is 0. The van der Waals surface area contributed by atoms with E-state index in [1.807, 2.05) is 0 Å². The molecule has 1 N–H and O–H groups in total. The SMILES string of the molecule is CCCCCCCCCCCCC1(O)CCCC(C)C1C. The molecule has 0 bridgehead atoms. The Labute approximate surface area is 133 Å². The summed E-state index contributed by atoms with van der Waals surface area (Å²) in [6, 6.07) is 0. The van der Waals surface area contributed by atoms with E-state index in [4.69, 9.17) is 0 Å². The third-order valence-corrected chi connectivity index (χ3v) is 5.93. The maximum absolute atomic E-state index is 10.8. The highest BCUT2D eigenvalue weighted by atomic mass is 16.3. The van der Waals surface area contributed by atoms with Gasteiger partial charge in [0.2, 0.25) is 0 Å². The van der Waals surface area contributed by atoms with Gasteiger partial charge < -0.3 is 5.11 Å². The highest BCUT2D eigenvalue weighted by Crippen LogP contribution is 2.40. The largest absolute Gasteiger partial charge is 0.390 e. The van der Waals surface area contributed by atoms with Gasteiger partial charge in [0.15, 0.2) is 0 Å². The predicted molar refractivity (Wildman–Crippen MR) is 93.6 cm³/mol. The number of hydrogen-bond acceptors (Lipinski definition) is 1. The highest BCUT2D eigenvalue weighted by Gasteiger charge is 2.38. The van der Waals surface area contributed by atoms with Crippen LogP contribution in [0.5, 0.6) is 0 Å². The Hall–Kier alpha value is -0.0400. The Bertz CT molecular complexity index is 250. The van der Waals surface area contributed by atoms with Crippen LogP contribution in [0.1, 0.15) is 111 Å². The zero-order chi connectivity index (χ0) is 15.6. The van der Waals surface area contributed by atoms with Crippen molar-refractivity contribution in [1.82, 2.24) is 0 Å². The maximum atomic E-state index is 10.8. The van der Waals surface area contributed by atoms with Gasteiger partial charge in [0, 0.05) is 0 Å². The molecule has 1 aliphatic rings. The Morgan fingerprint density at radius 3 is 1.95 bits per heavy atom.